The second-order valence-electron chi connectivity index (χ2n) is 4.18. The third-order valence-electron chi connectivity index (χ3n) is 3.63. The van der Waals surface area contributed by atoms with Crippen LogP contribution in [-0.2, 0) is 4.79 Å². The van der Waals surface area contributed by atoms with Crippen molar-refractivity contribution >= 4 is 5.91 Å². The summed E-state index contributed by atoms with van der Waals surface area (Å²) in [5.74, 6) is 1.62. The Bertz CT molecular complexity index is 269. The fraction of sp³-hybridized carbons (Fsp3) is 0.700. The molecular formula is C10H13NO. The van der Waals surface area contributed by atoms with Gasteiger partial charge in [-0.2, -0.15) is 0 Å². The summed E-state index contributed by atoms with van der Waals surface area (Å²) in [6, 6.07) is 0.494. The van der Waals surface area contributed by atoms with Gasteiger partial charge in [0, 0.05) is 17.5 Å². The van der Waals surface area contributed by atoms with Crippen LogP contribution in [0.3, 0.4) is 0 Å². The molecule has 12 heavy (non-hydrogen) atoms. The van der Waals surface area contributed by atoms with Crippen LogP contribution in [-0.4, -0.2) is 11.9 Å². The zero-order valence-corrected chi connectivity index (χ0v) is 7.05. The highest BCUT2D eigenvalue weighted by Gasteiger charge is 2.47. The van der Waals surface area contributed by atoms with Gasteiger partial charge in [0.2, 0.25) is 5.91 Å². The van der Waals surface area contributed by atoms with Gasteiger partial charge < -0.3 is 5.32 Å². The van der Waals surface area contributed by atoms with Crippen molar-refractivity contribution in [3.63, 3.8) is 0 Å². The molecule has 3 aliphatic rings. The summed E-state index contributed by atoms with van der Waals surface area (Å²) in [6.07, 6.45) is 7.11. The molecule has 2 fully saturated rings. The predicted molar refractivity (Wildman–Crippen MR) is 45.5 cm³/mol. The molecule has 1 saturated carbocycles. The van der Waals surface area contributed by atoms with Crippen molar-refractivity contribution in [1.29, 1.82) is 0 Å². The Balaban J connectivity index is 2.05. The van der Waals surface area contributed by atoms with Gasteiger partial charge in [-0.1, -0.05) is 6.08 Å². The van der Waals surface area contributed by atoms with E-state index in [2.05, 4.69) is 11.4 Å². The summed E-state index contributed by atoms with van der Waals surface area (Å²) < 4.78 is 0. The first kappa shape index (κ1) is 6.70. The second kappa shape index (κ2) is 2.12. The third kappa shape index (κ3) is 0.680. The summed E-state index contributed by atoms with van der Waals surface area (Å²) in [6.45, 7) is 0. The number of hydrogen-bond acceptors (Lipinski definition) is 1. The first-order valence-electron chi connectivity index (χ1n) is 4.87. The lowest BCUT2D eigenvalue weighted by molar-refractivity contribution is -0.116. The lowest BCUT2D eigenvalue weighted by Crippen LogP contribution is -2.25. The Kier molecular flexibility index (Phi) is 1.18. The minimum absolute atomic E-state index is 0.217. The van der Waals surface area contributed by atoms with Crippen LogP contribution < -0.4 is 5.32 Å². The van der Waals surface area contributed by atoms with E-state index < -0.39 is 0 Å². The zero-order chi connectivity index (χ0) is 8.13. The highest BCUT2D eigenvalue weighted by atomic mass is 16.2. The average Bonchev–Trinajstić information content (AvgIpc) is 2.61. The van der Waals surface area contributed by atoms with Gasteiger partial charge in [-0.05, 0) is 31.6 Å². The lowest BCUT2D eigenvalue weighted by Gasteiger charge is -2.21. The van der Waals surface area contributed by atoms with Gasteiger partial charge in [0.25, 0.3) is 0 Å². The number of carbonyl (C=O) groups is 1. The molecule has 0 unspecified atom stereocenters. The smallest absolute Gasteiger partial charge is 0.247 e. The number of carbonyl (C=O) groups excluding carboxylic acids is 1. The third-order valence-corrected chi connectivity index (χ3v) is 3.63. The molecule has 0 radical (unpaired) electrons. The maximum absolute atomic E-state index is 11.4. The quantitative estimate of drug-likeness (QED) is 0.571. The standard InChI is InChI=1S/C10H13NO/c12-10-7-3-1-2-6-4-5-8(11-10)9(6)7/h3,6,8-9H,1-2,4-5H2,(H,11,12)/t6-,8+,9+/m1/s1. The Morgan fingerprint density at radius 2 is 2.25 bits per heavy atom. The average molecular weight is 163 g/mol. The molecular weight excluding hydrogens is 150 g/mol. The highest BCUT2D eigenvalue weighted by Crippen LogP contribution is 2.45. The molecule has 1 aliphatic heterocycles. The fourth-order valence-corrected chi connectivity index (χ4v) is 3.12. The molecule has 2 aliphatic carbocycles. The van der Waals surface area contributed by atoms with Crippen molar-refractivity contribution in [3.05, 3.63) is 11.6 Å². The van der Waals surface area contributed by atoms with Crippen molar-refractivity contribution in [2.75, 3.05) is 0 Å². The van der Waals surface area contributed by atoms with Crippen molar-refractivity contribution in [2.24, 2.45) is 11.8 Å². The van der Waals surface area contributed by atoms with E-state index in [0.717, 1.165) is 17.9 Å². The number of rotatable bonds is 0. The SMILES string of the molecule is O=C1N[C@H]2CC[C@H]3CCC=C1[C@H]32. The summed E-state index contributed by atoms with van der Waals surface area (Å²) in [7, 11) is 0. The van der Waals surface area contributed by atoms with Crippen LogP contribution in [0.2, 0.25) is 0 Å². The van der Waals surface area contributed by atoms with Crippen LogP contribution in [0.15, 0.2) is 11.6 Å². The molecule has 1 amide bonds. The molecule has 2 nitrogen and oxygen atoms in total. The molecule has 0 aromatic rings. The number of allylic oxidation sites excluding steroid dienone is 1. The van der Waals surface area contributed by atoms with E-state index in [1.807, 2.05) is 0 Å². The Morgan fingerprint density at radius 1 is 1.33 bits per heavy atom. The summed E-state index contributed by atoms with van der Waals surface area (Å²) >= 11 is 0. The van der Waals surface area contributed by atoms with Gasteiger partial charge in [-0.3, -0.25) is 4.79 Å². The van der Waals surface area contributed by atoms with E-state index in [1.165, 1.54) is 19.3 Å². The van der Waals surface area contributed by atoms with Crippen LogP contribution in [0.5, 0.6) is 0 Å². The molecule has 0 bridgehead atoms. The minimum atomic E-state index is 0.217. The number of amides is 1. The van der Waals surface area contributed by atoms with Gasteiger partial charge in [0.15, 0.2) is 0 Å². The summed E-state index contributed by atoms with van der Waals surface area (Å²) in [5.41, 5.74) is 1.11. The van der Waals surface area contributed by atoms with Crippen molar-refractivity contribution < 1.29 is 4.79 Å². The van der Waals surface area contributed by atoms with Crippen molar-refractivity contribution in [2.45, 2.75) is 31.7 Å². The van der Waals surface area contributed by atoms with E-state index in [1.54, 1.807) is 0 Å². The normalized spacial score (nSPS) is 43.8. The molecule has 0 aromatic carbocycles. The Morgan fingerprint density at radius 3 is 3.17 bits per heavy atom. The maximum Gasteiger partial charge on any atom is 0.247 e. The summed E-state index contributed by atoms with van der Waals surface area (Å²) in [4.78, 5) is 11.4. The van der Waals surface area contributed by atoms with Crippen molar-refractivity contribution in [1.82, 2.24) is 5.32 Å². The molecule has 1 saturated heterocycles. The minimum Gasteiger partial charge on any atom is -0.349 e. The van der Waals surface area contributed by atoms with Crippen LogP contribution >= 0.6 is 0 Å². The van der Waals surface area contributed by atoms with Gasteiger partial charge >= 0.3 is 0 Å². The first-order chi connectivity index (χ1) is 5.86. The molecule has 0 aromatic heterocycles. The van der Waals surface area contributed by atoms with E-state index in [0.29, 0.717) is 12.0 Å². The molecule has 3 atom stereocenters. The predicted octanol–water partition coefficient (Wildman–Crippen LogP) is 1.23. The number of hydrogen-bond donors (Lipinski definition) is 1. The highest BCUT2D eigenvalue weighted by molar-refractivity contribution is 5.97. The molecule has 0 spiro atoms. The molecule has 1 heterocycles. The zero-order valence-electron chi connectivity index (χ0n) is 7.05. The number of nitrogens with one attached hydrogen (secondary N) is 1. The molecule has 3 rings (SSSR count). The van der Waals surface area contributed by atoms with Crippen molar-refractivity contribution in [3.8, 4) is 0 Å². The van der Waals surface area contributed by atoms with E-state index in [-0.39, 0.29) is 5.91 Å². The second-order valence-corrected chi connectivity index (χ2v) is 4.18. The Labute approximate surface area is 72.0 Å². The van der Waals surface area contributed by atoms with E-state index >= 15 is 0 Å². The largest absolute Gasteiger partial charge is 0.349 e. The monoisotopic (exact) mass is 163 g/mol. The topological polar surface area (TPSA) is 29.1 Å². The van der Waals surface area contributed by atoms with Gasteiger partial charge in [0.1, 0.15) is 0 Å². The van der Waals surface area contributed by atoms with E-state index in [9.17, 15) is 4.79 Å². The maximum atomic E-state index is 11.4. The molecule has 64 valence electrons. The molecule has 1 N–H and O–H groups in total. The summed E-state index contributed by atoms with van der Waals surface area (Å²) in [5, 5.41) is 3.08. The van der Waals surface area contributed by atoms with Gasteiger partial charge in [-0.15, -0.1) is 0 Å². The van der Waals surface area contributed by atoms with Crippen LogP contribution in [0, 0.1) is 11.8 Å². The fourth-order valence-electron chi connectivity index (χ4n) is 3.12. The first-order valence-corrected chi connectivity index (χ1v) is 4.87. The molecule has 2 heteroatoms. The van der Waals surface area contributed by atoms with Gasteiger partial charge in [-0.25, -0.2) is 0 Å². The van der Waals surface area contributed by atoms with Crippen LogP contribution in [0.4, 0.5) is 0 Å². The lowest BCUT2D eigenvalue weighted by atomic mass is 9.81. The van der Waals surface area contributed by atoms with Crippen LogP contribution in [0.25, 0.3) is 0 Å². The van der Waals surface area contributed by atoms with E-state index in [4.69, 9.17) is 0 Å². The van der Waals surface area contributed by atoms with Crippen LogP contribution in [0.1, 0.15) is 25.7 Å². The Hall–Kier alpha value is -0.790. The van der Waals surface area contributed by atoms with Gasteiger partial charge in [0.05, 0.1) is 0 Å².